The lowest BCUT2D eigenvalue weighted by Crippen LogP contribution is -2.19. The van der Waals surface area contributed by atoms with Crippen LogP contribution in [-0.2, 0) is 11.4 Å². The number of hydrogen-bond donors (Lipinski definition) is 3. The van der Waals surface area contributed by atoms with Crippen LogP contribution in [0.3, 0.4) is 0 Å². The first-order valence-corrected chi connectivity index (χ1v) is 13.7. The number of nitrogens with one attached hydrogen (secondary N) is 3. The summed E-state index contributed by atoms with van der Waals surface area (Å²) in [5.74, 6) is 0.725. The maximum Gasteiger partial charge on any atom is 0.248 e. The van der Waals surface area contributed by atoms with Crippen molar-refractivity contribution in [1.29, 1.82) is 5.26 Å². The van der Waals surface area contributed by atoms with Crippen LogP contribution >= 0.6 is 11.6 Å². The minimum Gasteiger partial charge on any atom is -0.492 e. The molecule has 0 unspecified atom stereocenters. The maximum atomic E-state index is 12.8. The van der Waals surface area contributed by atoms with Crippen LogP contribution in [-0.4, -0.2) is 35.1 Å². The Morgan fingerprint density at radius 2 is 2.10 bits per heavy atom. The van der Waals surface area contributed by atoms with Gasteiger partial charge in [-0.05, 0) is 62.7 Å². The molecule has 10 heteroatoms. The number of carbonyl (C=O) groups is 1. The van der Waals surface area contributed by atoms with E-state index in [9.17, 15) is 10.1 Å². The minimum absolute atomic E-state index is 0.195. The highest BCUT2D eigenvalue weighted by Crippen LogP contribution is 2.37. The number of nitriles is 1. The molecule has 0 saturated carbocycles. The molecule has 1 amide bonds. The number of benzene rings is 2. The van der Waals surface area contributed by atoms with E-state index >= 15 is 0 Å². The number of pyridine rings is 2. The van der Waals surface area contributed by atoms with Gasteiger partial charge in [-0.3, -0.25) is 14.8 Å². The van der Waals surface area contributed by atoms with Crippen molar-refractivity contribution in [2.45, 2.75) is 32.4 Å². The van der Waals surface area contributed by atoms with Crippen molar-refractivity contribution in [2.24, 2.45) is 0 Å². The molecule has 0 aliphatic carbocycles. The Balaban J connectivity index is 1.42. The molecule has 2 aromatic heterocycles. The average molecular weight is 569 g/mol. The van der Waals surface area contributed by atoms with Crippen LogP contribution in [0.2, 0.25) is 5.02 Å². The molecule has 1 aliphatic rings. The molecule has 0 bridgehead atoms. The molecule has 3 N–H and O–H groups in total. The van der Waals surface area contributed by atoms with Crippen LogP contribution in [0.15, 0.2) is 73.1 Å². The van der Waals surface area contributed by atoms with E-state index < -0.39 is 0 Å². The van der Waals surface area contributed by atoms with Gasteiger partial charge >= 0.3 is 0 Å². The molecular formula is C31H29ClN6O3. The SMILES string of the molecule is CCOc1cc2ncc(C#N)c(Nc3ccc(OCc4ccccn4)c(Cl)c3)c2cc1NC(=O)/C=C/[C@H]1CCCN1. The van der Waals surface area contributed by atoms with Gasteiger partial charge in [0.2, 0.25) is 5.91 Å². The van der Waals surface area contributed by atoms with Crippen molar-refractivity contribution >= 4 is 45.5 Å². The first-order valence-electron chi connectivity index (χ1n) is 13.4. The number of nitrogens with zero attached hydrogens (tertiary/aromatic N) is 3. The van der Waals surface area contributed by atoms with Gasteiger partial charge in [0.15, 0.2) is 0 Å². The number of amides is 1. The molecule has 9 nitrogen and oxygen atoms in total. The van der Waals surface area contributed by atoms with Crippen LogP contribution in [0.4, 0.5) is 17.1 Å². The molecule has 0 radical (unpaired) electrons. The molecule has 3 heterocycles. The highest BCUT2D eigenvalue weighted by molar-refractivity contribution is 6.32. The van der Waals surface area contributed by atoms with Gasteiger partial charge in [-0.15, -0.1) is 0 Å². The number of halogens is 1. The molecule has 2 aromatic carbocycles. The van der Waals surface area contributed by atoms with E-state index in [-0.39, 0.29) is 18.6 Å². The summed E-state index contributed by atoms with van der Waals surface area (Å²) < 4.78 is 11.6. The fourth-order valence-electron chi connectivity index (χ4n) is 4.54. The van der Waals surface area contributed by atoms with Crippen LogP contribution in [0, 0.1) is 11.3 Å². The fourth-order valence-corrected chi connectivity index (χ4v) is 4.78. The fraction of sp³-hybridized carbons (Fsp3) is 0.226. The Hall–Kier alpha value is -4.65. The second-order valence-electron chi connectivity index (χ2n) is 9.39. The van der Waals surface area contributed by atoms with Crippen LogP contribution in [0.25, 0.3) is 10.9 Å². The Morgan fingerprint density at radius 1 is 1.20 bits per heavy atom. The largest absolute Gasteiger partial charge is 0.492 e. The van der Waals surface area contributed by atoms with E-state index in [2.05, 4.69) is 32.0 Å². The third-order valence-electron chi connectivity index (χ3n) is 6.53. The van der Waals surface area contributed by atoms with E-state index in [4.69, 9.17) is 21.1 Å². The summed E-state index contributed by atoms with van der Waals surface area (Å²) in [6, 6.07) is 16.8. The van der Waals surface area contributed by atoms with Crippen molar-refractivity contribution in [3.8, 4) is 17.6 Å². The van der Waals surface area contributed by atoms with E-state index in [1.54, 1.807) is 30.5 Å². The number of ether oxygens (including phenoxy) is 2. The average Bonchev–Trinajstić information content (AvgIpc) is 3.51. The van der Waals surface area contributed by atoms with Gasteiger partial charge in [0.05, 0.1) is 39.8 Å². The van der Waals surface area contributed by atoms with Crippen LogP contribution in [0.1, 0.15) is 31.0 Å². The molecule has 1 atom stereocenters. The molecule has 208 valence electrons. The number of rotatable bonds is 10. The zero-order valence-electron chi connectivity index (χ0n) is 22.5. The predicted octanol–water partition coefficient (Wildman–Crippen LogP) is 6.12. The summed E-state index contributed by atoms with van der Waals surface area (Å²) >= 11 is 6.53. The van der Waals surface area contributed by atoms with Gasteiger partial charge in [0.25, 0.3) is 0 Å². The lowest BCUT2D eigenvalue weighted by atomic mass is 10.1. The first-order chi connectivity index (χ1) is 20.0. The van der Waals surface area contributed by atoms with Gasteiger partial charge in [0.1, 0.15) is 24.2 Å². The Labute approximate surface area is 243 Å². The standard InChI is InChI=1S/C31H29ClN6O3/c1-2-40-29-16-26-24(15-27(29)38-30(39)11-9-21-7-5-13-34-21)31(20(17-33)18-36-26)37-22-8-10-28(25(32)14-22)41-19-23-6-3-4-12-35-23/h3-4,6,8-12,14-16,18,21,34H,2,5,7,13,19H2,1H3,(H,36,37)(H,38,39)/b11-9+/t21-/m1/s1. The van der Waals surface area contributed by atoms with E-state index in [0.29, 0.717) is 56.7 Å². The topological polar surface area (TPSA) is 121 Å². The second kappa shape index (κ2) is 13.1. The predicted molar refractivity (Wildman–Crippen MR) is 160 cm³/mol. The third-order valence-corrected chi connectivity index (χ3v) is 6.82. The number of anilines is 3. The van der Waals surface area contributed by atoms with Crippen molar-refractivity contribution in [3.63, 3.8) is 0 Å². The van der Waals surface area contributed by atoms with E-state index in [1.165, 1.54) is 12.3 Å². The highest BCUT2D eigenvalue weighted by Gasteiger charge is 2.16. The summed E-state index contributed by atoms with van der Waals surface area (Å²) in [7, 11) is 0. The van der Waals surface area contributed by atoms with Gasteiger partial charge in [-0.25, -0.2) is 0 Å². The summed E-state index contributed by atoms with van der Waals surface area (Å²) in [6.07, 6.45) is 8.71. The molecule has 5 rings (SSSR count). The van der Waals surface area contributed by atoms with Gasteiger partial charge in [-0.1, -0.05) is 23.7 Å². The Kier molecular flexibility index (Phi) is 8.94. The quantitative estimate of drug-likeness (QED) is 0.196. The van der Waals surface area contributed by atoms with Crippen molar-refractivity contribution in [3.05, 3.63) is 89.4 Å². The van der Waals surface area contributed by atoms with Crippen molar-refractivity contribution in [2.75, 3.05) is 23.8 Å². The Bertz CT molecular complexity index is 1610. The van der Waals surface area contributed by atoms with Gasteiger partial charge in [-0.2, -0.15) is 5.26 Å². The second-order valence-corrected chi connectivity index (χ2v) is 9.80. The van der Waals surface area contributed by atoms with Crippen LogP contribution in [0.5, 0.6) is 11.5 Å². The first kappa shape index (κ1) is 27.9. The number of fused-ring (bicyclic) bond motifs is 1. The molecule has 41 heavy (non-hydrogen) atoms. The zero-order valence-corrected chi connectivity index (χ0v) is 23.2. The van der Waals surface area contributed by atoms with Crippen molar-refractivity contribution in [1.82, 2.24) is 15.3 Å². The summed E-state index contributed by atoms with van der Waals surface area (Å²) in [5, 5.41) is 20.5. The summed E-state index contributed by atoms with van der Waals surface area (Å²) in [5.41, 5.74) is 3.37. The normalized spacial score (nSPS) is 14.6. The van der Waals surface area contributed by atoms with E-state index in [0.717, 1.165) is 25.1 Å². The molecule has 1 saturated heterocycles. The monoisotopic (exact) mass is 568 g/mol. The van der Waals surface area contributed by atoms with E-state index in [1.807, 2.05) is 37.3 Å². The lowest BCUT2D eigenvalue weighted by Gasteiger charge is -2.16. The number of aromatic nitrogens is 2. The zero-order chi connectivity index (χ0) is 28.6. The van der Waals surface area contributed by atoms with Gasteiger partial charge < -0.3 is 25.4 Å². The third kappa shape index (κ3) is 6.92. The highest BCUT2D eigenvalue weighted by atomic mass is 35.5. The smallest absolute Gasteiger partial charge is 0.248 e. The lowest BCUT2D eigenvalue weighted by molar-refractivity contribution is -0.111. The van der Waals surface area contributed by atoms with Gasteiger partial charge in [0, 0.05) is 41.7 Å². The molecule has 4 aromatic rings. The van der Waals surface area contributed by atoms with Crippen molar-refractivity contribution < 1.29 is 14.3 Å². The molecule has 1 fully saturated rings. The summed E-state index contributed by atoms with van der Waals surface area (Å²) in [4.78, 5) is 21.5. The molecule has 1 aliphatic heterocycles. The molecule has 0 spiro atoms. The molecular weight excluding hydrogens is 540 g/mol. The summed E-state index contributed by atoms with van der Waals surface area (Å²) in [6.45, 7) is 3.51. The Morgan fingerprint density at radius 3 is 2.83 bits per heavy atom. The number of carbonyl (C=O) groups excluding carboxylic acids is 1. The number of hydrogen-bond acceptors (Lipinski definition) is 8. The minimum atomic E-state index is -0.272. The van der Waals surface area contributed by atoms with Crippen LogP contribution < -0.4 is 25.4 Å². The maximum absolute atomic E-state index is 12.8.